The zero-order valence-electron chi connectivity index (χ0n) is 14.8. The molecule has 25 heavy (non-hydrogen) atoms. The number of anilines is 1. The lowest BCUT2D eigenvalue weighted by molar-refractivity contribution is -0.149. The number of aryl methyl sites for hydroxylation is 2. The normalized spacial score (nSPS) is 10.6. The van der Waals surface area contributed by atoms with Crippen LogP contribution in [0.3, 0.4) is 0 Å². The number of hydrogen-bond acceptors (Lipinski definition) is 6. The van der Waals surface area contributed by atoms with Gasteiger partial charge in [-0.3, -0.25) is 10.1 Å². The topological polar surface area (TPSA) is 90.7 Å². The average Bonchev–Trinajstić information content (AvgIpc) is 2.99. The van der Waals surface area contributed by atoms with Gasteiger partial charge in [0.1, 0.15) is 5.75 Å². The maximum atomic E-state index is 11.7. The minimum atomic E-state index is -0.630. The Bertz CT molecular complexity index is 731. The van der Waals surface area contributed by atoms with E-state index in [2.05, 4.69) is 10.5 Å². The van der Waals surface area contributed by atoms with Gasteiger partial charge in [0.2, 0.25) is 5.88 Å². The molecule has 0 saturated carbocycles. The third-order valence-corrected chi connectivity index (χ3v) is 3.30. The van der Waals surface area contributed by atoms with Crippen molar-refractivity contribution in [1.82, 2.24) is 5.16 Å². The first-order valence-corrected chi connectivity index (χ1v) is 7.96. The largest absolute Gasteiger partial charge is 0.482 e. The van der Waals surface area contributed by atoms with Crippen LogP contribution in [0, 0.1) is 13.8 Å². The second-order valence-corrected chi connectivity index (χ2v) is 6.09. The molecule has 1 heterocycles. The third kappa shape index (κ3) is 5.95. The molecule has 7 nitrogen and oxygen atoms in total. The van der Waals surface area contributed by atoms with Crippen LogP contribution >= 0.6 is 0 Å². The molecule has 0 bridgehead atoms. The molecular weight excluding hydrogens is 324 g/mol. The summed E-state index contributed by atoms with van der Waals surface area (Å²) in [5, 5.41) is 6.30. The number of amides is 1. The van der Waals surface area contributed by atoms with Crippen molar-refractivity contribution in [2.75, 3.05) is 18.5 Å². The van der Waals surface area contributed by atoms with Gasteiger partial charge in [-0.15, -0.1) is 0 Å². The van der Waals surface area contributed by atoms with Crippen LogP contribution in [0.15, 0.2) is 28.8 Å². The highest BCUT2D eigenvalue weighted by molar-refractivity contribution is 5.91. The molecule has 0 aliphatic rings. The van der Waals surface area contributed by atoms with Gasteiger partial charge in [0, 0.05) is 6.07 Å². The van der Waals surface area contributed by atoms with E-state index in [1.54, 1.807) is 6.07 Å². The number of rotatable bonds is 7. The Morgan fingerprint density at radius 2 is 1.80 bits per heavy atom. The molecule has 2 aromatic rings. The fourth-order valence-corrected chi connectivity index (χ4v) is 2.14. The highest BCUT2D eigenvalue weighted by Crippen LogP contribution is 2.17. The summed E-state index contributed by atoms with van der Waals surface area (Å²) >= 11 is 0. The first kappa shape index (κ1) is 18.5. The van der Waals surface area contributed by atoms with Crippen LogP contribution in [-0.2, 0) is 14.3 Å². The highest BCUT2D eigenvalue weighted by atomic mass is 16.6. The SMILES string of the molecule is Cc1cc(C)cc(OCC(=O)OCC(=O)Nc2cc(C(C)C)no2)c1. The molecular formula is C18H22N2O5. The van der Waals surface area contributed by atoms with Gasteiger partial charge in [0.15, 0.2) is 13.2 Å². The Hall–Kier alpha value is -2.83. The van der Waals surface area contributed by atoms with Crippen molar-refractivity contribution in [2.24, 2.45) is 0 Å². The van der Waals surface area contributed by atoms with Crippen LogP contribution in [-0.4, -0.2) is 30.2 Å². The van der Waals surface area contributed by atoms with Crippen molar-refractivity contribution in [3.8, 4) is 5.75 Å². The van der Waals surface area contributed by atoms with Gasteiger partial charge in [-0.1, -0.05) is 25.1 Å². The maximum Gasteiger partial charge on any atom is 0.344 e. The average molecular weight is 346 g/mol. The quantitative estimate of drug-likeness (QED) is 0.775. The van der Waals surface area contributed by atoms with Gasteiger partial charge >= 0.3 is 5.97 Å². The number of hydrogen-bond donors (Lipinski definition) is 1. The lowest BCUT2D eigenvalue weighted by atomic mass is 10.1. The molecule has 0 unspecified atom stereocenters. The number of aromatic nitrogens is 1. The number of ether oxygens (including phenoxy) is 2. The van der Waals surface area contributed by atoms with Crippen molar-refractivity contribution < 1.29 is 23.6 Å². The van der Waals surface area contributed by atoms with Gasteiger partial charge in [-0.25, -0.2) is 4.79 Å². The number of carbonyl (C=O) groups excluding carboxylic acids is 2. The minimum absolute atomic E-state index is 0.189. The zero-order valence-corrected chi connectivity index (χ0v) is 14.8. The summed E-state index contributed by atoms with van der Waals surface area (Å²) in [7, 11) is 0. The standard InChI is InChI=1S/C18H22N2O5/c1-11(2)15-8-17(25-20-15)19-16(21)9-24-18(22)10-23-14-6-12(3)5-13(4)7-14/h5-8,11H,9-10H2,1-4H3,(H,19,21). The predicted octanol–water partition coefficient (Wildman–Crippen LogP) is 2.98. The molecule has 0 aliphatic carbocycles. The number of nitrogens with one attached hydrogen (secondary N) is 1. The van der Waals surface area contributed by atoms with Crippen molar-refractivity contribution >= 4 is 17.8 Å². The van der Waals surface area contributed by atoms with Crippen LogP contribution in [0.4, 0.5) is 5.88 Å². The van der Waals surface area contributed by atoms with Crippen molar-refractivity contribution in [3.05, 3.63) is 41.1 Å². The third-order valence-electron chi connectivity index (χ3n) is 3.30. The van der Waals surface area contributed by atoms with Crippen molar-refractivity contribution in [2.45, 2.75) is 33.6 Å². The Morgan fingerprint density at radius 3 is 2.40 bits per heavy atom. The molecule has 0 radical (unpaired) electrons. The van der Waals surface area contributed by atoms with E-state index >= 15 is 0 Å². The molecule has 134 valence electrons. The van der Waals surface area contributed by atoms with Gasteiger partial charge < -0.3 is 14.0 Å². The van der Waals surface area contributed by atoms with E-state index < -0.39 is 18.5 Å². The number of benzene rings is 1. The smallest absolute Gasteiger partial charge is 0.344 e. The summed E-state index contributed by atoms with van der Waals surface area (Å²) in [6.07, 6.45) is 0. The highest BCUT2D eigenvalue weighted by Gasteiger charge is 2.13. The molecule has 1 aromatic carbocycles. The first-order chi connectivity index (χ1) is 11.8. The van der Waals surface area contributed by atoms with Crippen LogP contribution in [0.1, 0.15) is 36.6 Å². The molecule has 1 N–H and O–H groups in total. The second-order valence-electron chi connectivity index (χ2n) is 6.09. The molecule has 1 aromatic heterocycles. The maximum absolute atomic E-state index is 11.7. The van der Waals surface area contributed by atoms with Crippen LogP contribution < -0.4 is 10.1 Å². The van der Waals surface area contributed by atoms with Gasteiger partial charge in [0.25, 0.3) is 5.91 Å². The van der Waals surface area contributed by atoms with E-state index in [-0.39, 0.29) is 18.4 Å². The Balaban J connectivity index is 1.74. The van der Waals surface area contributed by atoms with E-state index in [0.29, 0.717) is 5.75 Å². The van der Waals surface area contributed by atoms with E-state index in [0.717, 1.165) is 16.8 Å². The Kier molecular flexibility index (Phi) is 6.16. The molecule has 0 aliphatic heterocycles. The summed E-state index contributed by atoms with van der Waals surface area (Å²) in [5.74, 6) is -0.145. The molecule has 0 atom stereocenters. The molecule has 0 fully saturated rings. The summed E-state index contributed by atoms with van der Waals surface area (Å²) in [4.78, 5) is 23.4. The first-order valence-electron chi connectivity index (χ1n) is 7.96. The molecule has 1 amide bonds. The molecule has 0 spiro atoms. The van der Waals surface area contributed by atoms with E-state index in [9.17, 15) is 9.59 Å². The lowest BCUT2D eigenvalue weighted by Gasteiger charge is -2.08. The number of esters is 1. The minimum Gasteiger partial charge on any atom is -0.482 e. The van der Waals surface area contributed by atoms with Gasteiger partial charge in [-0.2, -0.15) is 0 Å². The fourth-order valence-electron chi connectivity index (χ4n) is 2.14. The van der Waals surface area contributed by atoms with Crippen molar-refractivity contribution in [1.29, 1.82) is 0 Å². The van der Waals surface area contributed by atoms with Crippen molar-refractivity contribution in [3.63, 3.8) is 0 Å². The van der Waals surface area contributed by atoms with Crippen LogP contribution in [0.2, 0.25) is 0 Å². The molecule has 2 rings (SSSR count). The summed E-state index contributed by atoms with van der Waals surface area (Å²) in [6.45, 7) is 7.11. The van der Waals surface area contributed by atoms with Gasteiger partial charge in [0.05, 0.1) is 5.69 Å². The van der Waals surface area contributed by atoms with E-state index in [1.165, 1.54) is 0 Å². The summed E-state index contributed by atoms with van der Waals surface area (Å²) < 4.78 is 15.2. The number of nitrogens with zero attached hydrogens (tertiary/aromatic N) is 1. The van der Waals surface area contributed by atoms with Crippen LogP contribution in [0.5, 0.6) is 5.75 Å². The summed E-state index contributed by atoms with van der Waals surface area (Å²) in [5.41, 5.74) is 2.81. The van der Waals surface area contributed by atoms with Gasteiger partial charge in [-0.05, 0) is 43.0 Å². The monoisotopic (exact) mass is 346 g/mol. The predicted molar refractivity (Wildman–Crippen MR) is 91.6 cm³/mol. The Morgan fingerprint density at radius 1 is 1.12 bits per heavy atom. The number of carbonyl (C=O) groups is 2. The summed E-state index contributed by atoms with van der Waals surface area (Å²) in [6, 6.07) is 7.28. The zero-order chi connectivity index (χ0) is 18.4. The second kappa shape index (κ2) is 8.32. The fraction of sp³-hybridized carbons (Fsp3) is 0.389. The van der Waals surface area contributed by atoms with E-state index in [1.807, 2.05) is 45.9 Å². The lowest BCUT2D eigenvalue weighted by Crippen LogP contribution is -2.23. The van der Waals surface area contributed by atoms with E-state index in [4.69, 9.17) is 14.0 Å². The molecule has 0 saturated heterocycles. The Labute approximate surface area is 146 Å². The molecule has 7 heteroatoms. The van der Waals surface area contributed by atoms with Crippen LogP contribution in [0.25, 0.3) is 0 Å².